The summed E-state index contributed by atoms with van der Waals surface area (Å²) in [5.41, 5.74) is 4.79. The summed E-state index contributed by atoms with van der Waals surface area (Å²) in [6, 6.07) is 30.6. The van der Waals surface area contributed by atoms with Crippen LogP contribution in [-0.4, -0.2) is 40.3 Å². The Balaban J connectivity index is 1.39. The number of H-pyrrole nitrogens is 1. The third kappa shape index (κ3) is 5.18. The minimum absolute atomic E-state index is 0.0668. The maximum Gasteiger partial charge on any atom is 0.258 e. The zero-order valence-corrected chi connectivity index (χ0v) is 24.9. The Labute approximate surface area is 259 Å². The first-order valence-corrected chi connectivity index (χ1v) is 15.1. The SMILES string of the molecule is Cn1c(=O)c(C(c2cccc3c2OCCO3)c2[nH]c3ccccc3c2CCNC(=O)Cc2ccccc2)c(O)c2ccccc21. The van der Waals surface area contributed by atoms with Crippen molar-refractivity contribution < 1.29 is 19.4 Å². The molecule has 1 aliphatic rings. The van der Waals surface area contributed by atoms with Crippen molar-refractivity contribution in [1.29, 1.82) is 0 Å². The average Bonchev–Trinajstić information content (AvgIpc) is 3.44. The molecule has 226 valence electrons. The van der Waals surface area contributed by atoms with E-state index in [2.05, 4.69) is 10.3 Å². The number of hydrogen-bond acceptors (Lipinski definition) is 5. The van der Waals surface area contributed by atoms with Crippen LogP contribution in [0.5, 0.6) is 17.2 Å². The smallest absolute Gasteiger partial charge is 0.258 e. The number of ether oxygens (including phenoxy) is 2. The second kappa shape index (κ2) is 11.9. The summed E-state index contributed by atoms with van der Waals surface area (Å²) in [6.07, 6.45) is 0.788. The molecule has 1 unspecified atom stereocenters. The number of benzene rings is 4. The number of aromatic hydroxyl groups is 1. The van der Waals surface area contributed by atoms with Gasteiger partial charge in [-0.15, -0.1) is 0 Å². The van der Waals surface area contributed by atoms with Gasteiger partial charge in [-0.3, -0.25) is 9.59 Å². The molecule has 1 atom stereocenters. The molecule has 3 heterocycles. The van der Waals surface area contributed by atoms with Gasteiger partial charge in [0.15, 0.2) is 11.5 Å². The highest BCUT2D eigenvalue weighted by atomic mass is 16.6. The fourth-order valence-corrected chi connectivity index (χ4v) is 6.45. The van der Waals surface area contributed by atoms with E-state index in [-0.39, 0.29) is 22.8 Å². The molecule has 8 nitrogen and oxygen atoms in total. The Morgan fingerprint density at radius 1 is 0.911 bits per heavy atom. The molecule has 2 aromatic heterocycles. The van der Waals surface area contributed by atoms with E-state index in [0.717, 1.165) is 27.7 Å². The lowest BCUT2D eigenvalue weighted by Crippen LogP contribution is -2.28. The van der Waals surface area contributed by atoms with Gasteiger partial charge in [-0.2, -0.15) is 0 Å². The quantitative estimate of drug-likeness (QED) is 0.212. The summed E-state index contributed by atoms with van der Waals surface area (Å²) in [4.78, 5) is 30.7. The highest BCUT2D eigenvalue weighted by Gasteiger charge is 2.33. The van der Waals surface area contributed by atoms with Crippen LogP contribution in [0.15, 0.2) is 102 Å². The fraction of sp³-hybridized carbons (Fsp3) is 0.189. The van der Waals surface area contributed by atoms with Crippen molar-refractivity contribution in [1.82, 2.24) is 14.9 Å². The van der Waals surface area contributed by atoms with Crippen LogP contribution in [0, 0.1) is 0 Å². The van der Waals surface area contributed by atoms with Gasteiger partial charge in [-0.25, -0.2) is 0 Å². The summed E-state index contributed by atoms with van der Waals surface area (Å²) in [6.45, 7) is 1.18. The number of hydrogen-bond donors (Lipinski definition) is 3. The number of aromatic amines is 1. The monoisotopic (exact) mass is 599 g/mol. The van der Waals surface area contributed by atoms with Crippen LogP contribution in [0.3, 0.4) is 0 Å². The van der Waals surface area contributed by atoms with Gasteiger partial charge in [0.2, 0.25) is 5.91 Å². The van der Waals surface area contributed by atoms with Gasteiger partial charge in [0.1, 0.15) is 19.0 Å². The fourth-order valence-electron chi connectivity index (χ4n) is 6.45. The summed E-state index contributed by atoms with van der Waals surface area (Å²) < 4.78 is 13.7. The van der Waals surface area contributed by atoms with Crippen molar-refractivity contribution in [2.45, 2.75) is 18.8 Å². The maximum absolute atomic E-state index is 14.2. The summed E-state index contributed by atoms with van der Waals surface area (Å²) in [5, 5.41) is 16.5. The molecule has 0 spiro atoms. The Morgan fingerprint density at radius 3 is 2.49 bits per heavy atom. The molecule has 0 fully saturated rings. The molecule has 1 amide bonds. The molecule has 0 aliphatic carbocycles. The number of carbonyl (C=O) groups is 1. The van der Waals surface area contributed by atoms with Gasteiger partial charge < -0.3 is 29.4 Å². The molecule has 0 saturated carbocycles. The number of carbonyl (C=O) groups excluding carboxylic acids is 1. The molecule has 3 N–H and O–H groups in total. The second-order valence-electron chi connectivity index (χ2n) is 11.3. The Bertz CT molecular complexity index is 2100. The van der Waals surface area contributed by atoms with Crippen LogP contribution >= 0.6 is 0 Å². The first-order valence-electron chi connectivity index (χ1n) is 15.1. The van der Waals surface area contributed by atoms with Crippen molar-refractivity contribution in [2.24, 2.45) is 7.05 Å². The molecule has 1 aliphatic heterocycles. The standard InChI is InChI=1S/C37H33N3O5/c1-40-29-16-8-6-13-26(29)35(42)33(37(40)43)32(27-14-9-17-30-36(27)45-21-20-44-30)34-25(24-12-5-7-15-28(24)39-34)18-19-38-31(41)22-23-10-3-2-4-11-23/h2-17,32,39,42H,18-22H2,1H3,(H,38,41). The van der Waals surface area contributed by atoms with Crippen LogP contribution in [-0.2, 0) is 24.7 Å². The third-order valence-corrected chi connectivity index (χ3v) is 8.55. The molecule has 8 heteroatoms. The van der Waals surface area contributed by atoms with Crippen molar-refractivity contribution in [3.8, 4) is 17.2 Å². The predicted molar refractivity (Wildman–Crippen MR) is 174 cm³/mol. The maximum atomic E-state index is 14.2. The van der Waals surface area contributed by atoms with E-state index < -0.39 is 5.92 Å². The number of amides is 1. The first-order chi connectivity index (χ1) is 22.0. The van der Waals surface area contributed by atoms with E-state index in [9.17, 15) is 14.7 Å². The molecule has 0 bridgehead atoms. The van der Waals surface area contributed by atoms with Crippen molar-refractivity contribution in [3.05, 3.63) is 135 Å². The lowest BCUT2D eigenvalue weighted by atomic mass is 9.84. The summed E-state index contributed by atoms with van der Waals surface area (Å²) >= 11 is 0. The van der Waals surface area contributed by atoms with Crippen LogP contribution < -0.4 is 20.3 Å². The van der Waals surface area contributed by atoms with Crippen molar-refractivity contribution in [2.75, 3.05) is 19.8 Å². The summed E-state index contributed by atoms with van der Waals surface area (Å²) in [5.74, 6) is 0.264. The predicted octanol–water partition coefficient (Wildman–Crippen LogP) is 5.58. The Hall–Kier alpha value is -5.50. The van der Waals surface area contributed by atoms with Gasteiger partial charge >= 0.3 is 0 Å². The minimum atomic E-state index is -0.729. The van der Waals surface area contributed by atoms with Gasteiger partial charge in [-0.05, 0) is 41.8 Å². The normalized spacial score (nSPS) is 13.2. The molecule has 0 saturated heterocycles. The van der Waals surface area contributed by atoms with Crippen molar-refractivity contribution >= 4 is 27.7 Å². The number of aromatic nitrogens is 2. The zero-order chi connectivity index (χ0) is 30.9. The molecule has 4 aromatic carbocycles. The molecular weight excluding hydrogens is 566 g/mol. The number of fused-ring (bicyclic) bond motifs is 3. The van der Waals surface area contributed by atoms with Crippen molar-refractivity contribution in [3.63, 3.8) is 0 Å². The topological polar surface area (TPSA) is 106 Å². The van der Waals surface area contributed by atoms with Crippen LogP contribution in [0.2, 0.25) is 0 Å². The lowest BCUT2D eigenvalue weighted by Gasteiger charge is -2.27. The number of para-hydroxylation sites is 3. The van der Waals surface area contributed by atoms with Gasteiger partial charge in [-0.1, -0.05) is 72.8 Å². The lowest BCUT2D eigenvalue weighted by molar-refractivity contribution is -0.120. The molecule has 6 aromatic rings. The molecule has 45 heavy (non-hydrogen) atoms. The Kier molecular flexibility index (Phi) is 7.47. The van der Waals surface area contributed by atoms with Gasteiger partial charge in [0.05, 0.1) is 23.4 Å². The van der Waals surface area contributed by atoms with E-state index in [0.29, 0.717) is 60.6 Å². The number of pyridine rings is 1. The average molecular weight is 600 g/mol. The second-order valence-corrected chi connectivity index (χ2v) is 11.3. The largest absolute Gasteiger partial charge is 0.507 e. The van der Waals surface area contributed by atoms with Gasteiger partial charge in [0, 0.05) is 41.1 Å². The highest BCUT2D eigenvalue weighted by molar-refractivity contribution is 5.89. The zero-order valence-electron chi connectivity index (χ0n) is 24.9. The Morgan fingerprint density at radius 2 is 1.64 bits per heavy atom. The number of nitrogens with one attached hydrogen (secondary N) is 2. The number of rotatable bonds is 8. The number of nitrogens with zero attached hydrogens (tertiary/aromatic N) is 1. The first kappa shape index (κ1) is 28.3. The van der Waals surface area contributed by atoms with E-state index >= 15 is 0 Å². The van der Waals surface area contributed by atoms with E-state index in [4.69, 9.17) is 9.47 Å². The number of aryl methyl sites for hydroxylation is 1. The van der Waals surface area contributed by atoms with Crippen LogP contribution in [0.25, 0.3) is 21.8 Å². The highest BCUT2D eigenvalue weighted by Crippen LogP contribution is 2.46. The van der Waals surface area contributed by atoms with E-state index in [1.54, 1.807) is 11.6 Å². The minimum Gasteiger partial charge on any atom is -0.507 e. The molecule has 7 rings (SSSR count). The van der Waals surface area contributed by atoms with E-state index in [1.807, 2.05) is 97.1 Å². The third-order valence-electron chi connectivity index (χ3n) is 8.55. The van der Waals surface area contributed by atoms with Gasteiger partial charge in [0.25, 0.3) is 5.56 Å². The van der Waals surface area contributed by atoms with Crippen LogP contribution in [0.4, 0.5) is 0 Å². The van der Waals surface area contributed by atoms with E-state index in [1.165, 1.54) is 0 Å². The molecule has 0 radical (unpaired) electrons. The molecular formula is C37H33N3O5. The summed E-state index contributed by atoms with van der Waals surface area (Å²) in [7, 11) is 1.72. The van der Waals surface area contributed by atoms with Crippen LogP contribution in [0.1, 0.15) is 33.9 Å².